The van der Waals surface area contributed by atoms with Crippen LogP contribution in [0.15, 0.2) is 77.7 Å². The molecule has 3 aromatic carbocycles. The Morgan fingerprint density at radius 3 is 2.36 bits per heavy atom. The predicted octanol–water partition coefficient (Wildman–Crippen LogP) is 4.96. The second kappa shape index (κ2) is 6.67. The summed E-state index contributed by atoms with van der Waals surface area (Å²) >= 11 is 1.57. The van der Waals surface area contributed by atoms with Gasteiger partial charge in [0.15, 0.2) is 0 Å². The van der Waals surface area contributed by atoms with E-state index in [0.29, 0.717) is 0 Å². The predicted molar refractivity (Wildman–Crippen MR) is 94.3 cm³/mol. The lowest BCUT2D eigenvalue weighted by atomic mass is 10.1. The van der Waals surface area contributed by atoms with Gasteiger partial charge in [-0.05, 0) is 42.0 Å². The molecule has 0 radical (unpaired) electrons. The largest absolute Gasteiger partial charge is 0.325 e. The van der Waals surface area contributed by atoms with E-state index in [9.17, 15) is 4.79 Å². The zero-order chi connectivity index (χ0) is 15.4. The van der Waals surface area contributed by atoms with Crippen molar-refractivity contribution < 1.29 is 4.79 Å². The van der Waals surface area contributed by atoms with Crippen LogP contribution in [-0.4, -0.2) is 11.2 Å². The molecule has 3 rings (SSSR count). The molecule has 3 heteroatoms. The number of hydrogen-bond acceptors (Lipinski definition) is 2. The van der Waals surface area contributed by atoms with Crippen LogP contribution in [0.4, 0.5) is 5.69 Å². The van der Waals surface area contributed by atoms with Gasteiger partial charge in [0.2, 0.25) is 5.91 Å². The first-order chi connectivity index (χ1) is 10.7. The van der Waals surface area contributed by atoms with Gasteiger partial charge in [0.1, 0.15) is 0 Å². The van der Waals surface area contributed by atoms with Gasteiger partial charge in [-0.1, -0.05) is 48.5 Å². The molecule has 0 saturated heterocycles. The first-order valence-electron chi connectivity index (χ1n) is 7.24. The summed E-state index contributed by atoms with van der Waals surface area (Å²) in [4.78, 5) is 13.4. The fraction of sp³-hybridized carbons (Fsp3) is 0.105. The molecule has 0 aromatic heterocycles. The maximum absolute atomic E-state index is 12.2. The standard InChI is InChI=1S/C19H17NOS/c1-14(19(21)20-17-9-3-2-4-10-17)22-18-12-11-15-7-5-6-8-16(15)13-18/h2-14H,1H3,(H,20,21). The summed E-state index contributed by atoms with van der Waals surface area (Å²) in [5.41, 5.74) is 0.832. The number of anilines is 1. The number of benzene rings is 3. The van der Waals surface area contributed by atoms with E-state index in [2.05, 4.69) is 35.6 Å². The van der Waals surface area contributed by atoms with Crippen molar-refractivity contribution in [1.82, 2.24) is 0 Å². The molecular weight excluding hydrogens is 290 g/mol. The maximum Gasteiger partial charge on any atom is 0.237 e. The van der Waals surface area contributed by atoms with Crippen LogP contribution in [0.2, 0.25) is 0 Å². The molecule has 22 heavy (non-hydrogen) atoms. The van der Waals surface area contributed by atoms with E-state index in [0.717, 1.165) is 10.6 Å². The lowest BCUT2D eigenvalue weighted by molar-refractivity contribution is -0.115. The summed E-state index contributed by atoms with van der Waals surface area (Å²) in [5, 5.41) is 5.20. The van der Waals surface area contributed by atoms with Gasteiger partial charge in [-0.2, -0.15) is 0 Å². The Bertz CT molecular complexity index is 786. The number of carbonyl (C=O) groups excluding carboxylic acids is 1. The molecule has 0 saturated carbocycles. The summed E-state index contributed by atoms with van der Waals surface area (Å²) in [7, 11) is 0. The van der Waals surface area contributed by atoms with Crippen LogP contribution in [0.3, 0.4) is 0 Å². The SMILES string of the molecule is CC(Sc1ccc2ccccc2c1)C(=O)Nc1ccccc1. The van der Waals surface area contributed by atoms with Crippen molar-refractivity contribution in [2.75, 3.05) is 5.32 Å². The minimum absolute atomic E-state index is 0.0179. The highest BCUT2D eigenvalue weighted by Gasteiger charge is 2.14. The minimum Gasteiger partial charge on any atom is -0.325 e. The second-order valence-corrected chi connectivity index (χ2v) is 6.54. The molecule has 0 aliphatic rings. The van der Waals surface area contributed by atoms with E-state index < -0.39 is 0 Å². The average Bonchev–Trinajstić information content (AvgIpc) is 2.55. The number of carbonyl (C=O) groups is 1. The third kappa shape index (κ3) is 3.49. The van der Waals surface area contributed by atoms with Crippen molar-refractivity contribution in [3.05, 3.63) is 72.8 Å². The number of rotatable bonds is 4. The molecule has 1 N–H and O–H groups in total. The highest BCUT2D eigenvalue weighted by atomic mass is 32.2. The van der Waals surface area contributed by atoms with Crippen molar-refractivity contribution in [1.29, 1.82) is 0 Å². The Kier molecular flexibility index (Phi) is 4.45. The average molecular weight is 307 g/mol. The van der Waals surface area contributed by atoms with E-state index in [-0.39, 0.29) is 11.2 Å². The fourth-order valence-electron chi connectivity index (χ4n) is 2.26. The number of para-hydroxylation sites is 1. The lowest BCUT2D eigenvalue weighted by Crippen LogP contribution is -2.22. The van der Waals surface area contributed by atoms with Gasteiger partial charge in [0, 0.05) is 10.6 Å². The number of amides is 1. The van der Waals surface area contributed by atoms with E-state index in [1.807, 2.05) is 49.4 Å². The zero-order valence-electron chi connectivity index (χ0n) is 12.3. The summed E-state index contributed by atoms with van der Waals surface area (Å²) in [5.74, 6) is 0.0179. The molecule has 0 aliphatic heterocycles. The Balaban J connectivity index is 1.69. The molecular formula is C19H17NOS. The Morgan fingerprint density at radius 2 is 1.59 bits per heavy atom. The smallest absolute Gasteiger partial charge is 0.237 e. The molecule has 1 unspecified atom stereocenters. The van der Waals surface area contributed by atoms with Gasteiger partial charge in [-0.15, -0.1) is 11.8 Å². The van der Waals surface area contributed by atoms with Crippen LogP contribution in [0.1, 0.15) is 6.92 Å². The molecule has 0 bridgehead atoms. The Labute approximate surface area is 134 Å². The monoisotopic (exact) mass is 307 g/mol. The molecule has 3 aromatic rings. The summed E-state index contributed by atoms with van der Waals surface area (Å²) in [6.45, 7) is 1.93. The molecule has 2 nitrogen and oxygen atoms in total. The lowest BCUT2D eigenvalue weighted by Gasteiger charge is -2.12. The van der Waals surface area contributed by atoms with Crippen LogP contribution in [0.25, 0.3) is 10.8 Å². The van der Waals surface area contributed by atoms with Gasteiger partial charge < -0.3 is 5.32 Å². The van der Waals surface area contributed by atoms with E-state index >= 15 is 0 Å². The van der Waals surface area contributed by atoms with Crippen LogP contribution >= 0.6 is 11.8 Å². The maximum atomic E-state index is 12.2. The van der Waals surface area contributed by atoms with Gasteiger partial charge >= 0.3 is 0 Å². The van der Waals surface area contributed by atoms with Gasteiger partial charge in [-0.3, -0.25) is 4.79 Å². The van der Waals surface area contributed by atoms with Crippen molar-refractivity contribution in [2.45, 2.75) is 17.1 Å². The molecule has 0 heterocycles. The number of nitrogens with one attached hydrogen (secondary N) is 1. The van der Waals surface area contributed by atoms with E-state index in [1.54, 1.807) is 11.8 Å². The van der Waals surface area contributed by atoms with Gasteiger partial charge in [0.25, 0.3) is 0 Å². The van der Waals surface area contributed by atoms with E-state index in [4.69, 9.17) is 0 Å². The first-order valence-corrected chi connectivity index (χ1v) is 8.12. The van der Waals surface area contributed by atoms with Crippen LogP contribution < -0.4 is 5.32 Å². The second-order valence-electron chi connectivity index (χ2n) is 5.12. The van der Waals surface area contributed by atoms with Gasteiger partial charge in [-0.25, -0.2) is 0 Å². The summed E-state index contributed by atoms with van der Waals surface area (Å²) < 4.78 is 0. The molecule has 0 aliphatic carbocycles. The first kappa shape index (κ1) is 14.7. The third-order valence-corrected chi connectivity index (χ3v) is 4.54. The Hall–Kier alpha value is -2.26. The molecule has 1 amide bonds. The highest BCUT2D eigenvalue weighted by molar-refractivity contribution is 8.00. The molecule has 0 spiro atoms. The van der Waals surface area contributed by atoms with Gasteiger partial charge in [0.05, 0.1) is 5.25 Å². The van der Waals surface area contributed by atoms with Crippen molar-refractivity contribution >= 4 is 34.1 Å². The molecule has 110 valence electrons. The molecule has 0 fully saturated rings. The van der Waals surface area contributed by atoms with Crippen molar-refractivity contribution in [3.63, 3.8) is 0 Å². The number of thioether (sulfide) groups is 1. The fourth-order valence-corrected chi connectivity index (χ4v) is 3.18. The minimum atomic E-state index is -0.152. The summed E-state index contributed by atoms with van der Waals surface area (Å²) in [6.07, 6.45) is 0. The zero-order valence-corrected chi connectivity index (χ0v) is 13.1. The highest BCUT2D eigenvalue weighted by Crippen LogP contribution is 2.27. The number of hydrogen-bond donors (Lipinski definition) is 1. The normalized spacial score (nSPS) is 12.0. The third-order valence-electron chi connectivity index (χ3n) is 3.44. The van der Waals surface area contributed by atoms with Crippen LogP contribution in [-0.2, 0) is 4.79 Å². The molecule has 1 atom stereocenters. The number of fused-ring (bicyclic) bond motifs is 1. The van der Waals surface area contributed by atoms with Crippen molar-refractivity contribution in [2.24, 2.45) is 0 Å². The summed E-state index contributed by atoms with van der Waals surface area (Å²) in [6, 6.07) is 24.1. The topological polar surface area (TPSA) is 29.1 Å². The van der Waals surface area contributed by atoms with E-state index in [1.165, 1.54) is 10.8 Å². The van der Waals surface area contributed by atoms with Crippen LogP contribution in [0.5, 0.6) is 0 Å². The quantitative estimate of drug-likeness (QED) is 0.690. The van der Waals surface area contributed by atoms with Crippen LogP contribution in [0, 0.1) is 0 Å². The van der Waals surface area contributed by atoms with Crippen molar-refractivity contribution in [3.8, 4) is 0 Å². The Morgan fingerprint density at radius 1 is 0.909 bits per heavy atom.